The van der Waals surface area contributed by atoms with E-state index in [0.717, 1.165) is 58.5 Å². The lowest BCUT2D eigenvalue weighted by Crippen LogP contribution is -2.14. The first-order valence-corrected chi connectivity index (χ1v) is 9.26. The number of carbonyl (C=O) groups is 1. The van der Waals surface area contributed by atoms with Crippen LogP contribution in [0.5, 0.6) is 0 Å². The van der Waals surface area contributed by atoms with Crippen LogP contribution < -0.4 is 5.32 Å². The fourth-order valence-corrected chi connectivity index (χ4v) is 3.22. The Bertz CT molecular complexity index is 963. The summed E-state index contributed by atoms with van der Waals surface area (Å²) >= 11 is 0. The molecule has 0 radical (unpaired) electrons. The monoisotopic (exact) mass is 347 g/mol. The molecule has 1 amide bonds. The molecule has 1 N–H and O–H groups in total. The Morgan fingerprint density at radius 1 is 0.923 bits per heavy atom. The van der Waals surface area contributed by atoms with Crippen LogP contribution >= 0.6 is 0 Å². The summed E-state index contributed by atoms with van der Waals surface area (Å²) in [7, 11) is 0. The Morgan fingerprint density at radius 2 is 1.62 bits per heavy atom. The second kappa shape index (κ2) is 7.65. The number of hydrogen-bond acceptors (Lipinski definition) is 3. The van der Waals surface area contributed by atoms with Gasteiger partial charge in [-0.05, 0) is 55.5 Å². The van der Waals surface area contributed by atoms with E-state index >= 15 is 0 Å². The smallest absolute Gasteiger partial charge is 0.255 e. The normalized spacial score (nSPS) is 10.9. The molecule has 3 aromatic rings. The molecule has 1 aromatic heterocycles. The highest BCUT2D eigenvalue weighted by Crippen LogP contribution is 2.23. The molecule has 0 saturated heterocycles. The van der Waals surface area contributed by atoms with Gasteiger partial charge in [-0.1, -0.05) is 39.0 Å². The van der Waals surface area contributed by atoms with Crippen LogP contribution in [0.15, 0.2) is 36.4 Å². The summed E-state index contributed by atoms with van der Waals surface area (Å²) in [5.41, 5.74) is 7.35. The first kappa shape index (κ1) is 18.1. The molecule has 0 aliphatic carbocycles. The summed E-state index contributed by atoms with van der Waals surface area (Å²) in [6.45, 7) is 8.27. The van der Waals surface area contributed by atoms with Gasteiger partial charge in [0.1, 0.15) is 0 Å². The number of aromatic nitrogens is 2. The predicted octanol–water partition coefficient (Wildman–Crippen LogP) is 4.88. The maximum Gasteiger partial charge on any atom is 0.255 e. The molecular weight excluding hydrogens is 322 g/mol. The van der Waals surface area contributed by atoms with Crippen LogP contribution in [0.2, 0.25) is 0 Å². The molecule has 4 nitrogen and oxygen atoms in total. The third kappa shape index (κ3) is 3.45. The quantitative estimate of drug-likeness (QED) is 0.716. The molecule has 0 fully saturated rings. The van der Waals surface area contributed by atoms with Gasteiger partial charge in [-0.3, -0.25) is 4.79 Å². The zero-order chi connectivity index (χ0) is 18.7. The van der Waals surface area contributed by atoms with Crippen molar-refractivity contribution >= 4 is 22.6 Å². The number of amides is 1. The van der Waals surface area contributed by atoms with Crippen molar-refractivity contribution < 1.29 is 4.79 Å². The van der Waals surface area contributed by atoms with Gasteiger partial charge in [-0.15, -0.1) is 0 Å². The van der Waals surface area contributed by atoms with E-state index in [9.17, 15) is 4.79 Å². The Morgan fingerprint density at radius 3 is 2.27 bits per heavy atom. The third-order valence-electron chi connectivity index (χ3n) is 4.73. The summed E-state index contributed by atoms with van der Waals surface area (Å²) < 4.78 is 0. The minimum absolute atomic E-state index is 0.115. The Hall–Kier alpha value is -2.75. The maximum absolute atomic E-state index is 12.8. The number of benzene rings is 2. The molecule has 0 aliphatic rings. The molecule has 0 spiro atoms. The van der Waals surface area contributed by atoms with Crippen molar-refractivity contribution in [2.45, 2.75) is 47.0 Å². The average Bonchev–Trinajstić information content (AvgIpc) is 2.67. The fraction of sp³-hybridized carbons (Fsp3) is 0.318. The number of para-hydroxylation sites is 1. The zero-order valence-corrected chi connectivity index (χ0v) is 15.9. The van der Waals surface area contributed by atoms with Crippen LogP contribution in [0.25, 0.3) is 11.0 Å². The summed E-state index contributed by atoms with van der Waals surface area (Å²) in [5.74, 6) is -0.115. The van der Waals surface area contributed by atoms with E-state index in [1.54, 1.807) is 0 Å². The molecule has 0 atom stereocenters. The topological polar surface area (TPSA) is 54.9 Å². The van der Waals surface area contributed by atoms with Crippen LogP contribution in [-0.2, 0) is 19.3 Å². The van der Waals surface area contributed by atoms with Crippen molar-refractivity contribution in [3.05, 3.63) is 64.5 Å². The van der Waals surface area contributed by atoms with Crippen molar-refractivity contribution in [2.24, 2.45) is 0 Å². The number of rotatable bonds is 5. The van der Waals surface area contributed by atoms with E-state index in [-0.39, 0.29) is 5.91 Å². The van der Waals surface area contributed by atoms with E-state index in [0.29, 0.717) is 5.56 Å². The molecule has 0 saturated carbocycles. The number of aryl methyl sites for hydroxylation is 4. The average molecular weight is 347 g/mol. The van der Waals surface area contributed by atoms with Gasteiger partial charge < -0.3 is 5.32 Å². The fourth-order valence-electron chi connectivity index (χ4n) is 3.22. The molecule has 2 aromatic carbocycles. The van der Waals surface area contributed by atoms with Crippen LogP contribution in [0.3, 0.4) is 0 Å². The van der Waals surface area contributed by atoms with Gasteiger partial charge in [0, 0.05) is 11.3 Å². The lowest BCUT2D eigenvalue weighted by molar-refractivity contribution is 0.102. The first-order chi connectivity index (χ1) is 12.6. The minimum Gasteiger partial charge on any atom is -0.321 e. The minimum atomic E-state index is -0.115. The molecule has 26 heavy (non-hydrogen) atoms. The Balaban J connectivity index is 1.96. The largest absolute Gasteiger partial charge is 0.321 e. The summed E-state index contributed by atoms with van der Waals surface area (Å²) in [6, 6.07) is 11.6. The standard InChI is InChI=1S/C22H25N3O/c1-5-15-10-8-9-14(4)21(15)25-22(26)16-11-12-19-20(13-16)24-18(7-3)17(6-2)23-19/h8-13H,5-7H2,1-4H3,(H,25,26). The van der Waals surface area contributed by atoms with Gasteiger partial charge in [0.2, 0.25) is 0 Å². The van der Waals surface area contributed by atoms with E-state index in [4.69, 9.17) is 9.97 Å². The molecule has 1 heterocycles. The summed E-state index contributed by atoms with van der Waals surface area (Å²) in [4.78, 5) is 22.2. The van der Waals surface area contributed by atoms with Crippen molar-refractivity contribution in [2.75, 3.05) is 5.32 Å². The highest BCUT2D eigenvalue weighted by molar-refractivity contribution is 6.06. The number of nitrogens with one attached hydrogen (secondary N) is 1. The van der Waals surface area contributed by atoms with Gasteiger partial charge in [-0.2, -0.15) is 0 Å². The van der Waals surface area contributed by atoms with E-state index in [2.05, 4.69) is 26.1 Å². The van der Waals surface area contributed by atoms with Crippen molar-refractivity contribution in [1.29, 1.82) is 0 Å². The van der Waals surface area contributed by atoms with Crippen LogP contribution in [-0.4, -0.2) is 15.9 Å². The molecule has 3 rings (SSSR count). The Kier molecular flexibility index (Phi) is 5.31. The van der Waals surface area contributed by atoms with Gasteiger partial charge in [-0.25, -0.2) is 9.97 Å². The van der Waals surface area contributed by atoms with Crippen molar-refractivity contribution in [1.82, 2.24) is 9.97 Å². The second-order valence-electron chi connectivity index (χ2n) is 6.44. The van der Waals surface area contributed by atoms with Crippen LogP contribution in [0.1, 0.15) is 53.6 Å². The predicted molar refractivity (Wildman–Crippen MR) is 107 cm³/mol. The highest BCUT2D eigenvalue weighted by atomic mass is 16.1. The Labute approximate surface area is 154 Å². The van der Waals surface area contributed by atoms with Gasteiger partial charge in [0.25, 0.3) is 5.91 Å². The lowest BCUT2D eigenvalue weighted by atomic mass is 10.1. The van der Waals surface area contributed by atoms with Gasteiger partial charge in [0.05, 0.1) is 22.4 Å². The highest BCUT2D eigenvalue weighted by Gasteiger charge is 2.13. The maximum atomic E-state index is 12.8. The lowest BCUT2D eigenvalue weighted by Gasteiger charge is -2.13. The number of nitrogens with zero attached hydrogens (tertiary/aromatic N) is 2. The van der Waals surface area contributed by atoms with Crippen LogP contribution in [0, 0.1) is 6.92 Å². The van der Waals surface area contributed by atoms with Crippen LogP contribution in [0.4, 0.5) is 5.69 Å². The van der Waals surface area contributed by atoms with Crippen molar-refractivity contribution in [3.63, 3.8) is 0 Å². The molecule has 0 unspecified atom stereocenters. The second-order valence-corrected chi connectivity index (χ2v) is 6.44. The first-order valence-electron chi connectivity index (χ1n) is 9.26. The molecule has 0 bridgehead atoms. The van der Waals surface area contributed by atoms with E-state index < -0.39 is 0 Å². The number of carbonyl (C=O) groups excluding carboxylic acids is 1. The third-order valence-corrected chi connectivity index (χ3v) is 4.73. The summed E-state index contributed by atoms with van der Waals surface area (Å²) in [6.07, 6.45) is 2.58. The summed E-state index contributed by atoms with van der Waals surface area (Å²) in [5, 5.41) is 3.07. The molecule has 4 heteroatoms. The number of anilines is 1. The molecular formula is C22H25N3O. The SMILES string of the molecule is CCc1cccc(C)c1NC(=O)c1ccc2nc(CC)c(CC)nc2c1. The van der Waals surface area contributed by atoms with Gasteiger partial charge in [0.15, 0.2) is 0 Å². The van der Waals surface area contributed by atoms with E-state index in [1.165, 1.54) is 0 Å². The number of fused-ring (bicyclic) bond motifs is 1. The molecule has 134 valence electrons. The zero-order valence-electron chi connectivity index (χ0n) is 15.9. The van der Waals surface area contributed by atoms with E-state index in [1.807, 2.05) is 43.3 Å². The molecule has 0 aliphatic heterocycles. The number of hydrogen-bond donors (Lipinski definition) is 1. The van der Waals surface area contributed by atoms with Gasteiger partial charge >= 0.3 is 0 Å². The van der Waals surface area contributed by atoms with Crippen molar-refractivity contribution in [3.8, 4) is 0 Å².